The molecule has 0 bridgehead atoms. The summed E-state index contributed by atoms with van der Waals surface area (Å²) >= 11 is 1.91. The molecular formula is C34H50O2S. The predicted molar refractivity (Wildman–Crippen MR) is 159 cm³/mol. The Morgan fingerprint density at radius 1 is 1.24 bits per heavy atom. The van der Waals surface area contributed by atoms with Crippen molar-refractivity contribution in [1.29, 1.82) is 0 Å². The third kappa shape index (κ3) is 6.09. The summed E-state index contributed by atoms with van der Waals surface area (Å²) in [5, 5.41) is 10.4. The molecule has 1 N–H and O–H groups in total. The van der Waals surface area contributed by atoms with Crippen LogP contribution in [0.4, 0.5) is 0 Å². The largest absolute Gasteiger partial charge is 0.496 e. The highest BCUT2D eigenvalue weighted by Gasteiger charge is 2.50. The lowest BCUT2D eigenvalue weighted by atomic mass is 9.61. The molecule has 1 aromatic rings. The molecule has 2 unspecified atom stereocenters. The molecule has 0 aliphatic heterocycles. The van der Waals surface area contributed by atoms with Crippen molar-refractivity contribution >= 4 is 11.8 Å². The molecule has 0 aromatic heterocycles. The van der Waals surface area contributed by atoms with Crippen LogP contribution in [0.15, 0.2) is 58.5 Å². The Morgan fingerprint density at radius 3 is 2.70 bits per heavy atom. The minimum atomic E-state index is -0.861. The molecule has 0 amide bonds. The second-order valence-electron chi connectivity index (χ2n) is 13.2. The Bertz CT molecular complexity index is 1040. The Labute approximate surface area is 231 Å². The zero-order chi connectivity index (χ0) is 27.0. The summed E-state index contributed by atoms with van der Waals surface area (Å²) in [6.07, 6.45) is 14.0. The lowest BCUT2D eigenvalue weighted by Gasteiger charge is -2.44. The molecule has 0 spiro atoms. The Hall–Kier alpha value is -1.45. The number of benzene rings is 1. The van der Waals surface area contributed by atoms with E-state index in [1.54, 1.807) is 12.7 Å². The van der Waals surface area contributed by atoms with E-state index < -0.39 is 5.60 Å². The first-order valence-electron chi connectivity index (χ1n) is 14.6. The van der Waals surface area contributed by atoms with Gasteiger partial charge < -0.3 is 9.84 Å². The number of ether oxygens (including phenoxy) is 1. The van der Waals surface area contributed by atoms with E-state index in [4.69, 9.17) is 4.74 Å². The van der Waals surface area contributed by atoms with Crippen molar-refractivity contribution in [1.82, 2.24) is 0 Å². The lowest BCUT2D eigenvalue weighted by molar-refractivity contribution is 0.0782. The molecule has 0 heterocycles. The van der Waals surface area contributed by atoms with Gasteiger partial charge in [-0.2, -0.15) is 0 Å². The number of hydrogen-bond acceptors (Lipinski definition) is 3. The van der Waals surface area contributed by atoms with Gasteiger partial charge in [0.25, 0.3) is 0 Å². The number of allylic oxidation sites excluding steroid dienone is 5. The summed E-state index contributed by atoms with van der Waals surface area (Å²) in [5.41, 5.74) is 5.00. The van der Waals surface area contributed by atoms with Crippen molar-refractivity contribution in [2.75, 3.05) is 12.9 Å². The molecule has 3 saturated carbocycles. The highest BCUT2D eigenvalue weighted by Crippen LogP contribution is 2.60. The third-order valence-corrected chi connectivity index (χ3v) is 11.3. The standard InChI is InChI=1S/C34H50O2S/c1-22-18-23(2)25(4)27(19-22)12-11-26-10-9-17-34(7)29(14-15-30(26)34)24(3)21-37-32-16-13-28(33(5,6)35)20-31(32)36-8/h11-13,16,20,22-24,29-30,35H,4,9-10,14-15,17-19,21H2,1-3,5-8H3/b26-11+,27-12-/t22-,23-,24-,29?,30?,34+/m0/s1. The van der Waals surface area contributed by atoms with Gasteiger partial charge in [-0.25, -0.2) is 0 Å². The quantitative estimate of drug-likeness (QED) is 0.362. The van der Waals surface area contributed by atoms with E-state index in [9.17, 15) is 5.11 Å². The summed E-state index contributed by atoms with van der Waals surface area (Å²) in [7, 11) is 1.73. The fourth-order valence-electron chi connectivity index (χ4n) is 7.75. The van der Waals surface area contributed by atoms with Gasteiger partial charge in [0.2, 0.25) is 0 Å². The first kappa shape index (κ1) is 28.6. The SMILES string of the molecule is C=C1/C(=C\C=C2/CCC[C@@]3(C)C2CCC3[C@@H](C)CSc2ccc(C(C)(C)O)cc2OC)C[C@@H](C)C[C@@H]1C. The van der Waals surface area contributed by atoms with Crippen molar-refractivity contribution in [3.05, 3.63) is 59.2 Å². The molecule has 3 aliphatic rings. The number of methoxy groups -OCH3 is 1. The predicted octanol–water partition coefficient (Wildman–Crippen LogP) is 9.34. The van der Waals surface area contributed by atoms with Gasteiger partial charge in [0.15, 0.2) is 0 Å². The van der Waals surface area contributed by atoms with Crippen LogP contribution >= 0.6 is 11.8 Å². The summed E-state index contributed by atoms with van der Waals surface area (Å²) in [5.74, 6) is 5.48. The van der Waals surface area contributed by atoms with Gasteiger partial charge in [-0.15, -0.1) is 11.8 Å². The van der Waals surface area contributed by atoms with Crippen molar-refractivity contribution in [2.45, 2.75) is 97.0 Å². The van der Waals surface area contributed by atoms with Crippen molar-refractivity contribution < 1.29 is 9.84 Å². The van der Waals surface area contributed by atoms with Crippen LogP contribution in [0, 0.1) is 35.0 Å². The number of hydrogen-bond donors (Lipinski definition) is 1. The first-order chi connectivity index (χ1) is 17.4. The van der Waals surface area contributed by atoms with Gasteiger partial charge in [-0.05, 0) is 123 Å². The van der Waals surface area contributed by atoms with Crippen LogP contribution in [-0.4, -0.2) is 18.0 Å². The van der Waals surface area contributed by atoms with E-state index in [1.165, 1.54) is 61.0 Å². The van der Waals surface area contributed by atoms with Crippen LogP contribution in [0.1, 0.15) is 92.1 Å². The van der Waals surface area contributed by atoms with Gasteiger partial charge >= 0.3 is 0 Å². The second kappa shape index (κ2) is 11.3. The number of thioether (sulfide) groups is 1. The minimum Gasteiger partial charge on any atom is -0.496 e. The molecule has 204 valence electrons. The number of rotatable bonds is 7. The van der Waals surface area contributed by atoms with Gasteiger partial charge in [-0.3, -0.25) is 0 Å². The van der Waals surface area contributed by atoms with E-state index in [-0.39, 0.29) is 0 Å². The van der Waals surface area contributed by atoms with Crippen LogP contribution < -0.4 is 4.74 Å². The van der Waals surface area contributed by atoms with Gasteiger partial charge in [0.05, 0.1) is 12.7 Å². The van der Waals surface area contributed by atoms with Crippen LogP contribution in [0.5, 0.6) is 5.75 Å². The van der Waals surface area contributed by atoms with Crippen LogP contribution in [0.25, 0.3) is 0 Å². The molecule has 2 nitrogen and oxygen atoms in total. The molecule has 0 saturated heterocycles. The van der Waals surface area contributed by atoms with Gasteiger partial charge in [-0.1, -0.05) is 58.1 Å². The fraction of sp³-hybridized carbons (Fsp3) is 0.647. The Morgan fingerprint density at radius 2 is 2.00 bits per heavy atom. The maximum Gasteiger partial charge on any atom is 0.132 e. The second-order valence-corrected chi connectivity index (χ2v) is 14.3. The molecule has 6 atom stereocenters. The van der Waals surface area contributed by atoms with E-state index in [2.05, 4.69) is 52.5 Å². The summed E-state index contributed by atoms with van der Waals surface area (Å²) in [6, 6.07) is 6.16. The fourth-order valence-corrected chi connectivity index (χ4v) is 8.88. The van der Waals surface area contributed by atoms with Crippen molar-refractivity contribution in [3.8, 4) is 5.75 Å². The van der Waals surface area contributed by atoms with E-state index in [0.717, 1.165) is 34.8 Å². The number of fused-ring (bicyclic) bond motifs is 1. The first-order valence-corrected chi connectivity index (χ1v) is 15.5. The molecule has 3 aliphatic carbocycles. The zero-order valence-corrected chi connectivity index (χ0v) is 25.2. The Balaban J connectivity index is 1.46. The summed E-state index contributed by atoms with van der Waals surface area (Å²) in [4.78, 5) is 1.18. The molecule has 3 fully saturated rings. The summed E-state index contributed by atoms with van der Waals surface area (Å²) in [6.45, 7) is 17.9. The zero-order valence-electron chi connectivity index (χ0n) is 24.4. The molecule has 3 heteroatoms. The normalized spacial score (nSPS) is 33.6. The van der Waals surface area contributed by atoms with Crippen LogP contribution in [0.3, 0.4) is 0 Å². The third-order valence-electron chi connectivity index (χ3n) is 9.93. The highest BCUT2D eigenvalue weighted by atomic mass is 32.2. The molecule has 0 radical (unpaired) electrons. The van der Waals surface area contributed by atoms with E-state index in [1.807, 2.05) is 37.7 Å². The average molecular weight is 523 g/mol. The maximum atomic E-state index is 10.4. The molecule has 4 rings (SSSR count). The summed E-state index contributed by atoms with van der Waals surface area (Å²) < 4.78 is 5.71. The van der Waals surface area contributed by atoms with E-state index in [0.29, 0.717) is 17.3 Å². The average Bonchev–Trinajstić information content (AvgIpc) is 3.20. The number of aliphatic hydroxyl groups is 1. The molecule has 1 aromatic carbocycles. The molecular weight excluding hydrogens is 472 g/mol. The topological polar surface area (TPSA) is 29.5 Å². The van der Waals surface area contributed by atoms with Crippen LogP contribution in [0.2, 0.25) is 0 Å². The van der Waals surface area contributed by atoms with E-state index >= 15 is 0 Å². The lowest BCUT2D eigenvalue weighted by Crippen LogP contribution is -2.36. The highest BCUT2D eigenvalue weighted by molar-refractivity contribution is 7.99. The van der Waals surface area contributed by atoms with Crippen molar-refractivity contribution in [3.63, 3.8) is 0 Å². The monoisotopic (exact) mass is 522 g/mol. The van der Waals surface area contributed by atoms with Crippen molar-refractivity contribution in [2.24, 2.45) is 35.0 Å². The Kier molecular flexibility index (Phi) is 8.76. The molecule has 37 heavy (non-hydrogen) atoms. The van der Waals surface area contributed by atoms with Gasteiger partial charge in [0, 0.05) is 10.6 Å². The minimum absolute atomic E-state index is 0.404. The smallest absolute Gasteiger partial charge is 0.132 e. The van der Waals surface area contributed by atoms with Crippen LogP contribution in [-0.2, 0) is 5.60 Å². The maximum absolute atomic E-state index is 10.4. The van der Waals surface area contributed by atoms with Gasteiger partial charge in [0.1, 0.15) is 5.75 Å².